The van der Waals surface area contributed by atoms with Gasteiger partial charge in [-0.15, -0.1) is 0 Å². The van der Waals surface area contributed by atoms with Crippen LogP contribution in [-0.4, -0.2) is 17.8 Å². The van der Waals surface area contributed by atoms with Gasteiger partial charge < -0.3 is 10.1 Å². The van der Waals surface area contributed by atoms with Crippen molar-refractivity contribution in [3.63, 3.8) is 0 Å². The first-order valence-electron chi connectivity index (χ1n) is 6.07. The van der Waals surface area contributed by atoms with Gasteiger partial charge in [0.25, 0.3) is 0 Å². The largest absolute Gasteiger partial charge is 0.468 e. The summed E-state index contributed by atoms with van der Waals surface area (Å²) >= 11 is 0. The van der Waals surface area contributed by atoms with Gasteiger partial charge in [-0.1, -0.05) is 18.2 Å². The first kappa shape index (κ1) is 15.1. The van der Waals surface area contributed by atoms with Crippen LogP contribution in [0.2, 0.25) is 0 Å². The van der Waals surface area contributed by atoms with Crippen LogP contribution in [0.25, 0.3) is 0 Å². The molecular formula is C14H12F4N2O. The monoisotopic (exact) mass is 300 g/mol. The number of rotatable bonds is 5. The predicted molar refractivity (Wildman–Crippen MR) is 69.5 cm³/mol. The molecule has 112 valence electrons. The lowest BCUT2D eigenvalue weighted by molar-refractivity contribution is -0.154. The van der Waals surface area contributed by atoms with Crippen molar-refractivity contribution in [1.29, 1.82) is 0 Å². The molecule has 0 spiro atoms. The minimum atomic E-state index is -4.40. The number of anilines is 1. The van der Waals surface area contributed by atoms with Crippen LogP contribution in [-0.2, 0) is 6.54 Å². The van der Waals surface area contributed by atoms with Crippen molar-refractivity contribution in [2.24, 2.45) is 0 Å². The maximum Gasteiger partial charge on any atom is 0.422 e. The number of hydrogen-bond acceptors (Lipinski definition) is 3. The van der Waals surface area contributed by atoms with E-state index in [1.807, 2.05) is 0 Å². The summed E-state index contributed by atoms with van der Waals surface area (Å²) in [6.07, 6.45) is -3.07. The lowest BCUT2D eigenvalue weighted by atomic mass is 10.2. The topological polar surface area (TPSA) is 34.1 Å². The molecule has 2 aromatic rings. The van der Waals surface area contributed by atoms with Gasteiger partial charge in [0, 0.05) is 18.2 Å². The van der Waals surface area contributed by atoms with Crippen molar-refractivity contribution < 1.29 is 22.3 Å². The van der Waals surface area contributed by atoms with Crippen molar-refractivity contribution in [3.8, 4) is 5.88 Å². The standard InChI is InChI=1S/C14H12F4N2O/c15-12-4-2-1-3-10(12)7-19-11-5-6-13(20-8-11)21-9-14(16,17)18/h1-6,8,19H,7,9H2. The van der Waals surface area contributed by atoms with Crippen molar-refractivity contribution in [1.82, 2.24) is 4.98 Å². The molecule has 1 aromatic carbocycles. The highest BCUT2D eigenvalue weighted by molar-refractivity contribution is 5.42. The number of nitrogens with zero attached hydrogens (tertiary/aromatic N) is 1. The smallest absolute Gasteiger partial charge is 0.422 e. The number of benzene rings is 1. The molecule has 0 fully saturated rings. The van der Waals surface area contributed by atoms with Gasteiger partial charge in [0.05, 0.1) is 11.9 Å². The highest BCUT2D eigenvalue weighted by atomic mass is 19.4. The van der Waals surface area contributed by atoms with Crippen LogP contribution < -0.4 is 10.1 Å². The van der Waals surface area contributed by atoms with Gasteiger partial charge in [-0.05, 0) is 12.1 Å². The molecule has 7 heteroatoms. The van der Waals surface area contributed by atoms with E-state index in [0.717, 1.165) is 0 Å². The molecule has 0 amide bonds. The highest BCUT2D eigenvalue weighted by Gasteiger charge is 2.28. The van der Waals surface area contributed by atoms with E-state index in [-0.39, 0.29) is 18.2 Å². The Kier molecular flexibility index (Phi) is 4.62. The predicted octanol–water partition coefficient (Wildman–Crippen LogP) is 3.77. The van der Waals surface area contributed by atoms with Crippen molar-refractivity contribution in [2.45, 2.75) is 12.7 Å². The summed E-state index contributed by atoms with van der Waals surface area (Å²) in [6, 6.07) is 9.12. The van der Waals surface area contributed by atoms with E-state index in [4.69, 9.17) is 0 Å². The Balaban J connectivity index is 1.89. The van der Waals surface area contributed by atoms with Crippen LogP contribution in [0, 0.1) is 5.82 Å². The first-order chi connectivity index (χ1) is 9.94. The van der Waals surface area contributed by atoms with E-state index >= 15 is 0 Å². The Bertz CT molecular complexity index is 584. The molecule has 0 aliphatic rings. The number of halogens is 4. The van der Waals surface area contributed by atoms with E-state index in [2.05, 4.69) is 15.0 Å². The summed E-state index contributed by atoms with van der Waals surface area (Å²) in [5.41, 5.74) is 1.03. The maximum atomic E-state index is 13.4. The fourth-order valence-electron chi connectivity index (χ4n) is 1.57. The van der Waals surface area contributed by atoms with Crippen LogP contribution in [0.3, 0.4) is 0 Å². The van der Waals surface area contributed by atoms with Gasteiger partial charge in [-0.2, -0.15) is 13.2 Å². The van der Waals surface area contributed by atoms with Gasteiger partial charge in [0.15, 0.2) is 6.61 Å². The quantitative estimate of drug-likeness (QED) is 0.853. The number of pyridine rings is 1. The third-order valence-electron chi connectivity index (χ3n) is 2.56. The number of nitrogens with one attached hydrogen (secondary N) is 1. The normalized spacial score (nSPS) is 11.2. The van der Waals surface area contributed by atoms with Crippen LogP contribution in [0.4, 0.5) is 23.2 Å². The molecule has 0 saturated carbocycles. The fraction of sp³-hybridized carbons (Fsp3) is 0.214. The molecule has 2 rings (SSSR count). The van der Waals surface area contributed by atoms with Crippen LogP contribution in [0.1, 0.15) is 5.56 Å². The maximum absolute atomic E-state index is 13.4. The Morgan fingerprint density at radius 2 is 1.86 bits per heavy atom. The SMILES string of the molecule is Fc1ccccc1CNc1ccc(OCC(F)(F)F)nc1. The average molecular weight is 300 g/mol. The Hall–Kier alpha value is -2.31. The molecule has 0 aliphatic carbocycles. The van der Waals surface area contributed by atoms with E-state index in [9.17, 15) is 17.6 Å². The molecule has 1 aromatic heterocycles. The van der Waals surface area contributed by atoms with Gasteiger partial charge in [-0.25, -0.2) is 9.37 Å². The summed E-state index contributed by atoms with van der Waals surface area (Å²) in [6.45, 7) is -1.14. The summed E-state index contributed by atoms with van der Waals surface area (Å²) in [5.74, 6) is -0.452. The Morgan fingerprint density at radius 3 is 2.48 bits per heavy atom. The molecule has 0 atom stereocenters. The lowest BCUT2D eigenvalue weighted by Gasteiger charge is -2.10. The number of ether oxygens (including phenoxy) is 1. The third-order valence-corrected chi connectivity index (χ3v) is 2.56. The summed E-state index contributed by atoms with van der Waals surface area (Å²) in [7, 11) is 0. The molecule has 0 aliphatic heterocycles. The zero-order chi connectivity index (χ0) is 15.3. The molecule has 0 bridgehead atoms. The molecule has 3 nitrogen and oxygen atoms in total. The van der Waals surface area contributed by atoms with E-state index in [1.165, 1.54) is 24.4 Å². The van der Waals surface area contributed by atoms with Crippen LogP contribution in [0.5, 0.6) is 5.88 Å². The molecule has 1 heterocycles. The van der Waals surface area contributed by atoms with Gasteiger partial charge in [-0.3, -0.25) is 0 Å². The van der Waals surface area contributed by atoms with E-state index in [0.29, 0.717) is 11.3 Å². The summed E-state index contributed by atoms with van der Waals surface area (Å²) < 4.78 is 53.8. The minimum Gasteiger partial charge on any atom is -0.468 e. The Morgan fingerprint density at radius 1 is 1.10 bits per heavy atom. The average Bonchev–Trinajstić information content (AvgIpc) is 2.45. The van der Waals surface area contributed by atoms with Crippen molar-refractivity contribution in [2.75, 3.05) is 11.9 Å². The second-order valence-electron chi connectivity index (χ2n) is 4.23. The number of hydrogen-bond donors (Lipinski definition) is 1. The van der Waals surface area contributed by atoms with Gasteiger partial charge in [0.1, 0.15) is 5.82 Å². The number of aromatic nitrogens is 1. The molecule has 0 unspecified atom stereocenters. The van der Waals surface area contributed by atoms with E-state index in [1.54, 1.807) is 18.2 Å². The van der Waals surface area contributed by atoms with Crippen LogP contribution in [0.15, 0.2) is 42.6 Å². The van der Waals surface area contributed by atoms with Crippen molar-refractivity contribution >= 4 is 5.69 Å². The third kappa shape index (κ3) is 4.94. The molecule has 0 radical (unpaired) electrons. The summed E-state index contributed by atoms with van der Waals surface area (Å²) in [4.78, 5) is 3.74. The molecule has 1 N–H and O–H groups in total. The molecule has 21 heavy (non-hydrogen) atoms. The fourth-order valence-corrected chi connectivity index (χ4v) is 1.57. The highest BCUT2D eigenvalue weighted by Crippen LogP contribution is 2.18. The molecular weight excluding hydrogens is 288 g/mol. The summed E-state index contributed by atoms with van der Waals surface area (Å²) in [5, 5.41) is 2.92. The van der Waals surface area contributed by atoms with Crippen LogP contribution >= 0.6 is 0 Å². The van der Waals surface area contributed by atoms with E-state index < -0.39 is 12.8 Å². The first-order valence-corrected chi connectivity index (χ1v) is 6.07. The second kappa shape index (κ2) is 6.43. The second-order valence-corrected chi connectivity index (χ2v) is 4.23. The zero-order valence-electron chi connectivity index (χ0n) is 10.8. The lowest BCUT2D eigenvalue weighted by Crippen LogP contribution is -2.19. The van der Waals surface area contributed by atoms with Crippen molar-refractivity contribution in [3.05, 3.63) is 54.0 Å². The van der Waals surface area contributed by atoms with Gasteiger partial charge in [0.2, 0.25) is 5.88 Å². The zero-order valence-corrected chi connectivity index (χ0v) is 10.8. The molecule has 0 saturated heterocycles. The van der Waals surface area contributed by atoms with Gasteiger partial charge >= 0.3 is 6.18 Å². The number of alkyl halides is 3. The minimum absolute atomic E-state index is 0.122. The Labute approximate surface area is 118 Å².